The summed E-state index contributed by atoms with van der Waals surface area (Å²) in [6.45, 7) is 6.53. The van der Waals surface area contributed by atoms with Crippen LogP contribution in [0.25, 0.3) is 10.6 Å². The number of nitrogens with zero attached hydrogens (tertiary/aromatic N) is 1. The summed E-state index contributed by atoms with van der Waals surface area (Å²) in [7, 11) is 2.01. The highest BCUT2D eigenvalue weighted by atomic mass is 32.1. The van der Waals surface area contributed by atoms with E-state index in [9.17, 15) is 4.39 Å². The van der Waals surface area contributed by atoms with Crippen LogP contribution in [0.5, 0.6) is 0 Å². The van der Waals surface area contributed by atoms with E-state index in [1.54, 1.807) is 17.4 Å². The van der Waals surface area contributed by atoms with Crippen LogP contribution in [-0.4, -0.2) is 12.0 Å². The fourth-order valence-corrected chi connectivity index (χ4v) is 4.43. The van der Waals surface area contributed by atoms with Gasteiger partial charge in [0.1, 0.15) is 10.8 Å². The van der Waals surface area contributed by atoms with E-state index in [-0.39, 0.29) is 11.2 Å². The molecule has 1 aliphatic carbocycles. The molecular formula is C17H21FN2S. The van der Waals surface area contributed by atoms with E-state index in [2.05, 4.69) is 19.2 Å². The Kier molecular flexibility index (Phi) is 3.62. The molecular weight excluding hydrogens is 283 g/mol. The highest BCUT2D eigenvalue weighted by Gasteiger charge is 2.34. The zero-order chi connectivity index (χ0) is 15.2. The Balaban J connectivity index is 2.06. The van der Waals surface area contributed by atoms with Crippen molar-refractivity contribution in [2.24, 2.45) is 5.41 Å². The average Bonchev–Trinajstić information content (AvgIpc) is 2.79. The number of nitrogens with one attached hydrogen (secondary N) is 1. The molecule has 1 heterocycles. The first-order valence-corrected chi connectivity index (χ1v) is 8.15. The van der Waals surface area contributed by atoms with E-state index < -0.39 is 0 Å². The van der Waals surface area contributed by atoms with Gasteiger partial charge in [-0.3, -0.25) is 0 Å². The number of hydrogen-bond donors (Lipinski definition) is 1. The molecule has 1 aromatic heterocycles. The molecule has 1 N–H and O–H groups in total. The van der Waals surface area contributed by atoms with Gasteiger partial charge in [-0.25, -0.2) is 9.37 Å². The summed E-state index contributed by atoms with van der Waals surface area (Å²) < 4.78 is 13.3. The average molecular weight is 304 g/mol. The number of hydrogen-bond acceptors (Lipinski definition) is 3. The summed E-state index contributed by atoms with van der Waals surface area (Å²) >= 11 is 1.75. The standard InChI is InChI=1S/C17H21FN2S/c1-10-7-11(18)5-6-12(10)16-20-14-9-17(2,3)8-13(19-4)15(14)21-16/h5-7,13,19H,8-9H2,1-4H3. The molecule has 0 spiro atoms. The lowest BCUT2D eigenvalue weighted by molar-refractivity contribution is 0.265. The van der Waals surface area contributed by atoms with Gasteiger partial charge in [0, 0.05) is 16.5 Å². The van der Waals surface area contributed by atoms with Crippen molar-refractivity contribution in [3.05, 3.63) is 40.2 Å². The van der Waals surface area contributed by atoms with Gasteiger partial charge in [0.15, 0.2) is 0 Å². The van der Waals surface area contributed by atoms with E-state index in [1.807, 2.05) is 20.0 Å². The maximum Gasteiger partial charge on any atom is 0.124 e. The molecule has 2 aromatic rings. The fourth-order valence-electron chi connectivity index (χ4n) is 3.15. The van der Waals surface area contributed by atoms with Crippen LogP contribution < -0.4 is 5.32 Å². The van der Waals surface area contributed by atoms with Crippen molar-refractivity contribution < 1.29 is 4.39 Å². The third-order valence-electron chi connectivity index (χ3n) is 4.21. The number of aryl methyl sites for hydroxylation is 1. The lowest BCUT2D eigenvalue weighted by Gasteiger charge is -2.34. The molecule has 1 aliphatic rings. The zero-order valence-electron chi connectivity index (χ0n) is 13.0. The van der Waals surface area contributed by atoms with Crippen LogP contribution in [0.15, 0.2) is 18.2 Å². The van der Waals surface area contributed by atoms with Crippen LogP contribution in [0.1, 0.15) is 42.4 Å². The van der Waals surface area contributed by atoms with Crippen molar-refractivity contribution in [1.29, 1.82) is 0 Å². The second kappa shape index (κ2) is 5.18. The summed E-state index contributed by atoms with van der Waals surface area (Å²) in [6, 6.07) is 5.31. The molecule has 0 aliphatic heterocycles. The highest BCUT2D eigenvalue weighted by molar-refractivity contribution is 7.15. The third-order valence-corrected chi connectivity index (χ3v) is 5.46. The van der Waals surface area contributed by atoms with E-state index in [0.717, 1.165) is 29.0 Å². The summed E-state index contributed by atoms with van der Waals surface area (Å²) in [5.41, 5.74) is 3.46. The Bertz CT molecular complexity index is 675. The first kappa shape index (κ1) is 14.7. The third kappa shape index (κ3) is 2.74. The van der Waals surface area contributed by atoms with Crippen LogP contribution in [0.3, 0.4) is 0 Å². The van der Waals surface area contributed by atoms with Gasteiger partial charge in [-0.05, 0) is 56.0 Å². The molecule has 2 nitrogen and oxygen atoms in total. The molecule has 0 amide bonds. The lowest BCUT2D eigenvalue weighted by Crippen LogP contribution is -2.30. The molecule has 1 atom stereocenters. The van der Waals surface area contributed by atoms with Gasteiger partial charge in [-0.1, -0.05) is 13.8 Å². The van der Waals surface area contributed by atoms with E-state index in [0.29, 0.717) is 6.04 Å². The molecule has 1 aromatic carbocycles. The van der Waals surface area contributed by atoms with Crippen molar-refractivity contribution in [1.82, 2.24) is 10.3 Å². The molecule has 0 saturated heterocycles. The molecule has 1 unspecified atom stereocenters. The van der Waals surface area contributed by atoms with Crippen LogP contribution in [0.4, 0.5) is 4.39 Å². The summed E-state index contributed by atoms with van der Waals surface area (Å²) in [6.07, 6.45) is 2.14. The Morgan fingerprint density at radius 2 is 2.14 bits per heavy atom. The van der Waals surface area contributed by atoms with Crippen molar-refractivity contribution in [2.75, 3.05) is 7.05 Å². The second-order valence-corrected chi connectivity index (χ2v) is 7.71. The molecule has 3 rings (SSSR count). The summed E-state index contributed by atoms with van der Waals surface area (Å²) in [5, 5.41) is 4.42. The van der Waals surface area contributed by atoms with Gasteiger partial charge in [0.05, 0.1) is 5.69 Å². The highest BCUT2D eigenvalue weighted by Crippen LogP contribution is 2.44. The van der Waals surface area contributed by atoms with Gasteiger partial charge in [0.25, 0.3) is 0 Å². The Hall–Kier alpha value is -1.26. The molecule has 0 fully saturated rings. The zero-order valence-corrected chi connectivity index (χ0v) is 13.8. The van der Waals surface area contributed by atoms with Crippen molar-refractivity contribution >= 4 is 11.3 Å². The minimum absolute atomic E-state index is 0.188. The van der Waals surface area contributed by atoms with E-state index >= 15 is 0 Å². The molecule has 112 valence electrons. The maximum atomic E-state index is 13.3. The van der Waals surface area contributed by atoms with Crippen LogP contribution in [-0.2, 0) is 6.42 Å². The number of benzene rings is 1. The molecule has 0 radical (unpaired) electrons. The van der Waals surface area contributed by atoms with Crippen molar-refractivity contribution in [3.63, 3.8) is 0 Å². The van der Waals surface area contributed by atoms with Gasteiger partial charge in [0.2, 0.25) is 0 Å². The van der Waals surface area contributed by atoms with Gasteiger partial charge in [-0.15, -0.1) is 11.3 Å². The predicted molar refractivity (Wildman–Crippen MR) is 86.1 cm³/mol. The van der Waals surface area contributed by atoms with Crippen molar-refractivity contribution in [2.45, 2.75) is 39.7 Å². The lowest BCUT2D eigenvalue weighted by atomic mass is 9.76. The van der Waals surface area contributed by atoms with Gasteiger partial charge < -0.3 is 5.32 Å². The van der Waals surface area contributed by atoms with Gasteiger partial charge >= 0.3 is 0 Å². The topological polar surface area (TPSA) is 24.9 Å². The normalized spacial score (nSPS) is 20.3. The number of rotatable bonds is 2. The monoisotopic (exact) mass is 304 g/mol. The maximum absolute atomic E-state index is 13.3. The van der Waals surface area contributed by atoms with Crippen LogP contribution >= 0.6 is 11.3 Å². The van der Waals surface area contributed by atoms with Crippen LogP contribution in [0.2, 0.25) is 0 Å². The number of fused-ring (bicyclic) bond motifs is 1. The SMILES string of the molecule is CNC1CC(C)(C)Cc2nc(-c3ccc(F)cc3C)sc21. The summed E-state index contributed by atoms with van der Waals surface area (Å²) in [5.74, 6) is -0.188. The first-order chi connectivity index (χ1) is 9.89. The Labute approximate surface area is 129 Å². The van der Waals surface area contributed by atoms with Gasteiger partial charge in [-0.2, -0.15) is 0 Å². The quantitative estimate of drug-likeness (QED) is 0.884. The minimum Gasteiger partial charge on any atom is -0.312 e. The first-order valence-electron chi connectivity index (χ1n) is 7.33. The summed E-state index contributed by atoms with van der Waals surface area (Å²) in [4.78, 5) is 6.20. The predicted octanol–water partition coefficient (Wildman–Crippen LogP) is 4.49. The minimum atomic E-state index is -0.188. The number of aromatic nitrogens is 1. The number of halogens is 1. The molecule has 0 saturated carbocycles. The number of thiazole rings is 1. The Morgan fingerprint density at radius 3 is 2.81 bits per heavy atom. The second-order valence-electron chi connectivity index (χ2n) is 6.68. The van der Waals surface area contributed by atoms with E-state index in [1.165, 1.54) is 16.6 Å². The molecule has 4 heteroatoms. The molecule has 0 bridgehead atoms. The Morgan fingerprint density at radius 1 is 1.38 bits per heavy atom. The smallest absolute Gasteiger partial charge is 0.124 e. The molecule has 21 heavy (non-hydrogen) atoms. The van der Waals surface area contributed by atoms with E-state index in [4.69, 9.17) is 4.98 Å². The largest absolute Gasteiger partial charge is 0.312 e. The fraction of sp³-hybridized carbons (Fsp3) is 0.471. The van der Waals surface area contributed by atoms with Crippen molar-refractivity contribution in [3.8, 4) is 10.6 Å². The van der Waals surface area contributed by atoms with Crippen LogP contribution in [0, 0.1) is 18.2 Å².